The highest BCUT2D eigenvalue weighted by Crippen LogP contribution is 2.65. The quantitative estimate of drug-likeness (QED) is 0.766. The standard InChI is InChI=1S/C11H18ClNO2S/c12-4-1-5-16(14,15)13-11-9-7-2-3-8(6-7)10(9)11/h7-11,13H,1-6H2. The molecule has 0 radical (unpaired) electrons. The van der Waals surface area contributed by atoms with Gasteiger partial charge in [0.05, 0.1) is 5.75 Å². The van der Waals surface area contributed by atoms with Gasteiger partial charge in [-0.15, -0.1) is 11.6 Å². The third kappa shape index (κ3) is 1.79. The van der Waals surface area contributed by atoms with Crippen LogP contribution >= 0.6 is 11.6 Å². The van der Waals surface area contributed by atoms with Gasteiger partial charge in [0.15, 0.2) is 0 Å². The Morgan fingerprint density at radius 1 is 1.19 bits per heavy atom. The van der Waals surface area contributed by atoms with Crippen LogP contribution in [0.1, 0.15) is 25.7 Å². The average molecular weight is 264 g/mol. The third-order valence-electron chi connectivity index (χ3n) is 4.60. The number of sulfonamides is 1. The number of alkyl halides is 1. The lowest BCUT2D eigenvalue weighted by Gasteiger charge is -2.10. The number of halogens is 1. The Kier molecular flexibility index (Phi) is 2.72. The average Bonchev–Trinajstić information content (AvgIpc) is 2.65. The molecule has 0 aliphatic heterocycles. The van der Waals surface area contributed by atoms with Crippen molar-refractivity contribution in [1.29, 1.82) is 0 Å². The first kappa shape index (κ1) is 11.3. The first-order chi connectivity index (χ1) is 7.62. The summed E-state index contributed by atoms with van der Waals surface area (Å²) in [7, 11) is -3.08. The minimum absolute atomic E-state index is 0.182. The molecule has 3 fully saturated rings. The maximum Gasteiger partial charge on any atom is 0.211 e. The Bertz CT molecular complexity index is 367. The lowest BCUT2D eigenvalue weighted by Crippen LogP contribution is -2.32. The van der Waals surface area contributed by atoms with E-state index in [2.05, 4.69) is 4.72 Å². The van der Waals surface area contributed by atoms with E-state index >= 15 is 0 Å². The van der Waals surface area contributed by atoms with E-state index < -0.39 is 10.0 Å². The summed E-state index contributed by atoms with van der Waals surface area (Å²) in [5.41, 5.74) is 0. The molecule has 2 bridgehead atoms. The van der Waals surface area contributed by atoms with E-state index in [1.165, 1.54) is 19.3 Å². The molecule has 0 aromatic heterocycles. The van der Waals surface area contributed by atoms with Gasteiger partial charge in [-0.3, -0.25) is 0 Å². The van der Waals surface area contributed by atoms with Gasteiger partial charge in [-0.05, 0) is 49.4 Å². The molecular weight excluding hydrogens is 246 g/mol. The predicted octanol–water partition coefficient (Wildman–Crippen LogP) is 1.58. The van der Waals surface area contributed by atoms with E-state index in [1.807, 2.05) is 0 Å². The lowest BCUT2D eigenvalue weighted by atomic mass is 10.0. The summed E-state index contributed by atoms with van der Waals surface area (Å²) in [5.74, 6) is 3.58. The second kappa shape index (κ2) is 3.85. The third-order valence-corrected chi connectivity index (χ3v) is 6.32. The zero-order valence-electron chi connectivity index (χ0n) is 9.23. The second-order valence-corrected chi connectivity index (χ2v) is 7.74. The van der Waals surface area contributed by atoms with Gasteiger partial charge in [0.2, 0.25) is 10.0 Å². The Hall–Kier alpha value is 0.200. The van der Waals surface area contributed by atoms with E-state index in [4.69, 9.17) is 11.6 Å². The van der Waals surface area contributed by atoms with Gasteiger partial charge >= 0.3 is 0 Å². The van der Waals surface area contributed by atoms with E-state index in [9.17, 15) is 8.42 Å². The molecule has 0 spiro atoms. The van der Waals surface area contributed by atoms with Crippen LogP contribution in [0.4, 0.5) is 0 Å². The van der Waals surface area contributed by atoms with Crippen molar-refractivity contribution in [3.63, 3.8) is 0 Å². The van der Waals surface area contributed by atoms with Crippen molar-refractivity contribution in [2.45, 2.75) is 31.7 Å². The molecule has 3 nitrogen and oxygen atoms in total. The summed E-state index contributed by atoms with van der Waals surface area (Å²) in [6, 6.07) is 0.270. The molecule has 5 heteroatoms. The van der Waals surface area contributed by atoms with Crippen molar-refractivity contribution < 1.29 is 8.42 Å². The Labute approximate surface area is 102 Å². The van der Waals surface area contributed by atoms with Crippen LogP contribution in [-0.2, 0) is 10.0 Å². The lowest BCUT2D eigenvalue weighted by molar-refractivity contribution is 0.456. The highest BCUT2D eigenvalue weighted by molar-refractivity contribution is 7.89. The summed E-state index contributed by atoms with van der Waals surface area (Å²) in [4.78, 5) is 0. The minimum Gasteiger partial charge on any atom is -0.212 e. The van der Waals surface area contributed by atoms with Crippen LogP contribution in [-0.4, -0.2) is 26.1 Å². The molecule has 3 aliphatic carbocycles. The van der Waals surface area contributed by atoms with Crippen molar-refractivity contribution >= 4 is 21.6 Å². The Morgan fingerprint density at radius 3 is 2.38 bits per heavy atom. The van der Waals surface area contributed by atoms with Crippen LogP contribution in [0.2, 0.25) is 0 Å². The topological polar surface area (TPSA) is 46.2 Å². The first-order valence-corrected chi connectivity index (χ1v) is 8.37. The summed E-state index contributed by atoms with van der Waals surface area (Å²) in [5, 5.41) is 0. The van der Waals surface area contributed by atoms with E-state index in [0.717, 1.165) is 11.8 Å². The summed E-state index contributed by atoms with van der Waals surface area (Å²) in [6.45, 7) is 0. The van der Waals surface area contributed by atoms with Gasteiger partial charge in [0, 0.05) is 11.9 Å². The molecule has 0 aromatic rings. The van der Waals surface area contributed by atoms with Crippen molar-refractivity contribution in [2.24, 2.45) is 23.7 Å². The van der Waals surface area contributed by atoms with E-state index in [1.54, 1.807) is 0 Å². The van der Waals surface area contributed by atoms with Crippen LogP contribution in [0.25, 0.3) is 0 Å². The van der Waals surface area contributed by atoms with Crippen molar-refractivity contribution in [2.75, 3.05) is 11.6 Å². The Balaban J connectivity index is 1.58. The fourth-order valence-corrected chi connectivity index (χ4v) is 5.66. The molecule has 0 aromatic carbocycles. The molecule has 92 valence electrons. The molecule has 1 N–H and O–H groups in total. The number of hydrogen-bond donors (Lipinski definition) is 1. The molecule has 0 heterocycles. The molecule has 3 rings (SSSR count). The monoisotopic (exact) mass is 263 g/mol. The van der Waals surface area contributed by atoms with Crippen LogP contribution in [0.15, 0.2) is 0 Å². The molecule has 4 unspecified atom stereocenters. The molecule has 0 saturated heterocycles. The van der Waals surface area contributed by atoms with Gasteiger partial charge in [-0.2, -0.15) is 0 Å². The summed E-state index contributed by atoms with van der Waals surface area (Å²) >= 11 is 5.52. The number of fused-ring (bicyclic) bond motifs is 5. The normalized spacial score (nSPS) is 44.7. The fourth-order valence-electron chi connectivity index (χ4n) is 3.99. The first-order valence-electron chi connectivity index (χ1n) is 6.18. The number of rotatable bonds is 5. The second-order valence-electron chi connectivity index (χ2n) is 5.49. The summed E-state index contributed by atoms with van der Waals surface area (Å²) in [6.07, 6.45) is 4.55. The van der Waals surface area contributed by atoms with E-state index in [0.29, 0.717) is 24.1 Å². The number of hydrogen-bond acceptors (Lipinski definition) is 2. The summed E-state index contributed by atoms with van der Waals surface area (Å²) < 4.78 is 26.4. The zero-order chi connectivity index (χ0) is 11.3. The molecule has 4 atom stereocenters. The van der Waals surface area contributed by atoms with E-state index in [-0.39, 0.29) is 11.8 Å². The highest BCUT2D eigenvalue weighted by Gasteiger charge is 2.65. The van der Waals surface area contributed by atoms with Crippen LogP contribution in [0.5, 0.6) is 0 Å². The predicted molar refractivity (Wildman–Crippen MR) is 63.9 cm³/mol. The number of nitrogens with one attached hydrogen (secondary N) is 1. The van der Waals surface area contributed by atoms with Gasteiger partial charge < -0.3 is 0 Å². The van der Waals surface area contributed by atoms with Gasteiger partial charge in [0.1, 0.15) is 0 Å². The van der Waals surface area contributed by atoms with Crippen molar-refractivity contribution in [1.82, 2.24) is 4.72 Å². The van der Waals surface area contributed by atoms with Crippen LogP contribution < -0.4 is 4.72 Å². The molecular formula is C11H18ClNO2S. The molecule has 16 heavy (non-hydrogen) atoms. The largest absolute Gasteiger partial charge is 0.212 e. The van der Waals surface area contributed by atoms with Crippen molar-refractivity contribution in [3.8, 4) is 0 Å². The van der Waals surface area contributed by atoms with Gasteiger partial charge in [0.25, 0.3) is 0 Å². The molecule has 0 amide bonds. The maximum atomic E-state index is 11.7. The van der Waals surface area contributed by atoms with Crippen LogP contribution in [0.3, 0.4) is 0 Å². The molecule has 3 aliphatic rings. The highest BCUT2D eigenvalue weighted by atomic mass is 35.5. The van der Waals surface area contributed by atoms with Crippen molar-refractivity contribution in [3.05, 3.63) is 0 Å². The Morgan fingerprint density at radius 2 is 1.81 bits per heavy atom. The fraction of sp³-hybridized carbons (Fsp3) is 1.00. The van der Waals surface area contributed by atoms with Gasteiger partial charge in [-0.25, -0.2) is 13.1 Å². The zero-order valence-corrected chi connectivity index (χ0v) is 10.8. The maximum absolute atomic E-state index is 11.7. The van der Waals surface area contributed by atoms with Gasteiger partial charge in [-0.1, -0.05) is 0 Å². The minimum atomic E-state index is -3.08. The molecule has 3 saturated carbocycles. The van der Waals surface area contributed by atoms with Crippen LogP contribution in [0, 0.1) is 23.7 Å². The smallest absolute Gasteiger partial charge is 0.211 e. The SMILES string of the molecule is O=S(=O)(CCCCl)NC1C2C3CCC(C3)C12.